The number of aromatic amines is 2. The van der Waals surface area contributed by atoms with E-state index in [1.54, 1.807) is 41.5 Å². The highest BCUT2D eigenvalue weighted by Crippen LogP contribution is 2.50. The Bertz CT molecular complexity index is 3970. The Hall–Kier alpha value is -5.45. The quantitative estimate of drug-likeness (QED) is 0.0692. The molecule has 0 unspecified atom stereocenters. The minimum absolute atomic E-state index is 0.0568. The Balaban J connectivity index is 0.684. The lowest BCUT2D eigenvalue weighted by Gasteiger charge is -2.27. The topological polar surface area (TPSA) is 400 Å². The number of anilines is 2. The number of fused-ring (bicyclic) bond motifs is 6. The first-order valence-electron chi connectivity index (χ1n) is 29.0. The summed E-state index contributed by atoms with van der Waals surface area (Å²) < 4.78 is 84.2. The summed E-state index contributed by atoms with van der Waals surface area (Å²) >= 11 is 4.35. The van der Waals surface area contributed by atoms with Gasteiger partial charge < -0.3 is 78.5 Å². The molecule has 8 saturated heterocycles. The number of thioether (sulfide) groups is 3. The van der Waals surface area contributed by atoms with Crippen LogP contribution in [0.1, 0.15) is 103 Å². The van der Waals surface area contributed by atoms with E-state index in [1.165, 1.54) is 63.1 Å². The first kappa shape index (κ1) is 61.1. The highest BCUT2D eigenvalue weighted by atomic mass is 32.2. The Morgan fingerprint density at radius 1 is 0.472 bits per heavy atom. The first-order chi connectivity index (χ1) is 42.4. The van der Waals surface area contributed by atoms with Gasteiger partial charge in [0.05, 0.1) is 48.7 Å². The summed E-state index contributed by atoms with van der Waals surface area (Å²) in [6.45, 7) is 13.5. The summed E-state index contributed by atoms with van der Waals surface area (Å²) in [5.41, 5.74) is 12.0. The highest BCUT2D eigenvalue weighted by Gasteiger charge is 2.60. The van der Waals surface area contributed by atoms with Crippen LogP contribution < -0.4 is 34.0 Å². The largest absolute Gasteiger partial charge is 0.394 e. The third kappa shape index (κ3) is 11.0. The van der Waals surface area contributed by atoms with Gasteiger partial charge in [-0.25, -0.2) is 39.5 Å². The predicted octanol–water partition coefficient (Wildman–Crippen LogP) is 0.785. The monoisotopic (exact) mass is 1300 g/mol. The van der Waals surface area contributed by atoms with Crippen molar-refractivity contribution in [3.8, 4) is 0 Å². The van der Waals surface area contributed by atoms with E-state index >= 15 is 0 Å². The van der Waals surface area contributed by atoms with Gasteiger partial charge in [0.2, 0.25) is 0 Å². The van der Waals surface area contributed by atoms with Crippen LogP contribution in [-0.2, 0) is 80.7 Å². The van der Waals surface area contributed by atoms with Crippen molar-refractivity contribution in [3.63, 3.8) is 0 Å². The first-order valence-corrected chi connectivity index (χ1v) is 32.5. The van der Waals surface area contributed by atoms with Crippen molar-refractivity contribution in [2.75, 3.05) is 35.3 Å². The smallest absolute Gasteiger partial charge is 0.330 e. The summed E-state index contributed by atoms with van der Waals surface area (Å²) in [7, 11) is 0. The van der Waals surface area contributed by atoms with Crippen molar-refractivity contribution in [1.29, 1.82) is 0 Å². The normalized spacial score (nSPS) is 33.6. The molecule has 16 atom stereocenters. The van der Waals surface area contributed by atoms with Crippen LogP contribution >= 0.6 is 35.3 Å². The number of H-pyrrole nitrogens is 2. The molecule has 0 aliphatic carbocycles. The van der Waals surface area contributed by atoms with E-state index in [0.29, 0.717) is 62.7 Å². The molecule has 0 radical (unpaired) electrons. The average Bonchev–Trinajstić information content (AvgIpc) is 1.75. The zero-order valence-electron chi connectivity index (χ0n) is 49.5. The number of aliphatic hydroxyl groups excluding tert-OH is 2. The van der Waals surface area contributed by atoms with Gasteiger partial charge in [0, 0.05) is 40.8 Å². The number of rotatable bonds is 18. The zero-order valence-corrected chi connectivity index (χ0v) is 51.9. The lowest BCUT2D eigenvalue weighted by Crippen LogP contribution is -2.39. The molecule has 0 aromatic carbocycles. The number of ether oxygens (including phenoxy) is 12. The number of imidazole rings is 2. The van der Waals surface area contributed by atoms with E-state index in [2.05, 4.69) is 29.9 Å². The van der Waals surface area contributed by atoms with Crippen LogP contribution in [0.25, 0.3) is 22.3 Å². The second kappa shape index (κ2) is 22.7. The fraction of sp³-hybridized carbons (Fsp3) is 0.667. The van der Waals surface area contributed by atoms with Crippen molar-refractivity contribution in [2.45, 2.75) is 201 Å². The molecule has 8 N–H and O–H groups in total. The number of nitrogens with two attached hydrogens (primary N) is 2. The second-order valence-corrected chi connectivity index (χ2v) is 27.8. The van der Waals surface area contributed by atoms with Gasteiger partial charge in [-0.1, -0.05) is 0 Å². The fourth-order valence-electron chi connectivity index (χ4n) is 13.4. The van der Waals surface area contributed by atoms with Gasteiger partial charge in [-0.3, -0.25) is 37.8 Å². The molecule has 0 spiro atoms. The van der Waals surface area contributed by atoms with E-state index in [4.69, 9.17) is 78.3 Å². The lowest BCUT2D eigenvalue weighted by molar-refractivity contribution is -0.199. The molecule has 0 bridgehead atoms. The molecular weight excluding hydrogens is 1230 g/mol. The third-order valence-electron chi connectivity index (χ3n) is 16.7. The van der Waals surface area contributed by atoms with Crippen LogP contribution in [0.2, 0.25) is 0 Å². The van der Waals surface area contributed by atoms with Crippen molar-refractivity contribution in [3.05, 3.63) is 89.5 Å². The second-order valence-electron chi connectivity index (χ2n) is 24.7. The Morgan fingerprint density at radius 2 is 0.809 bits per heavy atom. The SMILES string of the molecule is CC1(C)O[C@@H]2[C@H](O1)[C@@H](CSCc1nc3c(N)ncnc3n1[C@@H]1O[C@H](CSCc3cc(=O)[nH]c(=O)n3[C@@H]3O[C@H](CSCc4nc5c(N)ncnc5n4[C@@H]4O[C@H](CO)[C@H]5OC(C)(C)O[C@H]54)[C@H]4OC(C)(C)O[C@H]43)[C@H]3OC(C)(C)O[C@H]31)O[C@H]2n1c(CO)cc(=O)[nH]c1=O. The molecule has 0 saturated carbocycles. The Morgan fingerprint density at radius 3 is 1.20 bits per heavy atom. The number of hydrogen-bond donors (Lipinski definition) is 6. The summed E-state index contributed by atoms with van der Waals surface area (Å²) in [6.07, 6.45) is -8.73. The van der Waals surface area contributed by atoms with E-state index in [-0.39, 0.29) is 35.4 Å². The van der Waals surface area contributed by atoms with Gasteiger partial charge in [0.15, 0.2) is 82.0 Å². The third-order valence-corrected chi connectivity index (χ3v) is 19.8. The van der Waals surface area contributed by atoms with Gasteiger partial charge in [-0.05, 0) is 55.4 Å². The molecule has 14 heterocycles. The summed E-state index contributed by atoms with van der Waals surface area (Å²) in [5, 5.41) is 20.5. The van der Waals surface area contributed by atoms with E-state index in [0.717, 1.165) is 6.07 Å². The van der Waals surface area contributed by atoms with Crippen LogP contribution in [0.15, 0.2) is 44.0 Å². The standard InChI is InChI=1S/C54H68N14O18S3/c1-51(2)79-33-23(12-70)75-47(37(33)83-51)67-27(61-31-41(55)57-19-59-43(31)67)17-89-16-26-35-39(85-53(5,6)81-35)46(77-26)66-22(10-30(72)64-50(66)74)13-87-14-24-36-40(86-54(7,8)82-36)48(78-24)68-28(62-32-42(56)58-20-60-44(32)68)18-88-15-25-34-38(84-52(3,4)80-34)45(76-25)65-21(11-69)9-29(71)63-49(65)73/h9-10,19-20,23-26,33-40,45-48,69-70H,11-18H2,1-8H3,(H2,55,57,59)(H2,56,58,60)(H,63,71,73)(H,64,72,74)/t23-,24-,25-,26-,33-,34-,35-,36-,37-,38-,39-,40-,45-,46-,47-,48-/m1/s1. The zero-order chi connectivity index (χ0) is 62.4. The maximum atomic E-state index is 14.2. The number of aliphatic hydroxyl groups is 2. The summed E-state index contributed by atoms with van der Waals surface area (Å²) in [4.78, 5) is 84.9. The number of hydrogen-bond acceptors (Lipinski definition) is 29. The van der Waals surface area contributed by atoms with Gasteiger partial charge >= 0.3 is 11.4 Å². The number of nitrogens with one attached hydrogen (secondary N) is 2. The van der Waals surface area contributed by atoms with Crippen molar-refractivity contribution >= 4 is 69.2 Å². The molecular formula is C54H68N14O18S3. The minimum Gasteiger partial charge on any atom is -0.394 e. The van der Waals surface area contributed by atoms with Crippen LogP contribution in [0.5, 0.6) is 0 Å². The van der Waals surface area contributed by atoms with Gasteiger partial charge in [0.1, 0.15) is 79.2 Å². The Kier molecular flexibility index (Phi) is 15.6. The van der Waals surface area contributed by atoms with Gasteiger partial charge in [-0.15, -0.1) is 0 Å². The molecule has 6 aromatic heterocycles. The average molecular weight is 1300 g/mol. The van der Waals surface area contributed by atoms with Crippen molar-refractivity contribution < 1.29 is 67.1 Å². The minimum atomic E-state index is -1.06. The van der Waals surface area contributed by atoms with E-state index in [1.807, 2.05) is 23.0 Å². The fourth-order valence-corrected chi connectivity index (χ4v) is 16.5. The van der Waals surface area contributed by atoms with Crippen LogP contribution in [-0.4, -0.2) is 189 Å². The van der Waals surface area contributed by atoms with Crippen molar-refractivity contribution in [2.24, 2.45) is 0 Å². The molecule has 8 aliphatic heterocycles. The van der Waals surface area contributed by atoms with E-state index < -0.39 is 150 Å². The number of nitrogens with zero attached hydrogens (tertiary/aromatic N) is 10. The molecule has 8 fully saturated rings. The predicted molar refractivity (Wildman–Crippen MR) is 315 cm³/mol. The number of aromatic nitrogens is 12. The molecule has 35 heteroatoms. The maximum Gasteiger partial charge on any atom is 0.330 e. The van der Waals surface area contributed by atoms with Crippen LogP contribution in [0, 0.1) is 0 Å². The Labute approximate surface area is 517 Å². The highest BCUT2D eigenvalue weighted by molar-refractivity contribution is 7.99. The molecule has 32 nitrogen and oxygen atoms in total. The lowest BCUT2D eigenvalue weighted by atomic mass is 10.1. The maximum absolute atomic E-state index is 14.2. The molecule has 89 heavy (non-hydrogen) atoms. The van der Waals surface area contributed by atoms with Gasteiger partial charge in [-0.2, -0.15) is 35.3 Å². The molecule has 14 rings (SSSR count). The molecule has 6 aromatic rings. The van der Waals surface area contributed by atoms with E-state index in [9.17, 15) is 29.4 Å². The summed E-state index contributed by atoms with van der Waals surface area (Å²) in [6, 6.07) is 2.51. The summed E-state index contributed by atoms with van der Waals surface area (Å²) in [5.74, 6) is -0.986. The number of nitrogen functional groups attached to an aromatic ring is 2. The van der Waals surface area contributed by atoms with Gasteiger partial charge in [0.25, 0.3) is 11.1 Å². The van der Waals surface area contributed by atoms with Crippen LogP contribution in [0.3, 0.4) is 0 Å². The van der Waals surface area contributed by atoms with Crippen molar-refractivity contribution in [1.82, 2.24) is 58.1 Å². The van der Waals surface area contributed by atoms with Crippen LogP contribution in [0.4, 0.5) is 11.6 Å². The molecule has 0 amide bonds. The molecule has 8 aliphatic rings. The molecule has 480 valence electrons.